The number of likely N-dealkylation sites (N-methyl/N-ethyl adjacent to an activating group) is 1. The normalized spacial score (nSPS) is 20.8. The molecule has 3 heteroatoms. The summed E-state index contributed by atoms with van der Waals surface area (Å²) in [5, 5.41) is 3.45. The quantitative estimate of drug-likeness (QED) is 0.895. The maximum atomic E-state index is 5.78. The van der Waals surface area contributed by atoms with E-state index in [1.165, 1.54) is 11.1 Å². The summed E-state index contributed by atoms with van der Waals surface area (Å²) in [4.78, 5) is 2.50. The third-order valence-electron chi connectivity index (χ3n) is 4.08. The van der Waals surface area contributed by atoms with E-state index in [1.807, 2.05) is 7.05 Å². The van der Waals surface area contributed by atoms with E-state index in [2.05, 4.69) is 55.3 Å². The lowest BCUT2D eigenvalue weighted by Gasteiger charge is -2.39. The topological polar surface area (TPSA) is 24.5 Å². The van der Waals surface area contributed by atoms with Crippen LogP contribution in [0.25, 0.3) is 0 Å². The zero-order valence-electron chi connectivity index (χ0n) is 13.3. The molecule has 2 rings (SSSR count). The van der Waals surface area contributed by atoms with Crippen LogP contribution in [0.3, 0.4) is 0 Å². The smallest absolute Gasteiger partial charge is 0.0753 e. The minimum atomic E-state index is -0.0252. The second-order valence-electron chi connectivity index (χ2n) is 6.28. The Labute approximate surface area is 123 Å². The molecule has 1 unspecified atom stereocenters. The standard InChI is InChI=1S/C17H28N2O/c1-5-14-6-8-15(9-7-14)16(18-4)12-19-10-11-20-17(2,3)13-19/h6-9,16,18H,5,10-13H2,1-4H3. The van der Waals surface area contributed by atoms with E-state index in [-0.39, 0.29) is 5.60 Å². The maximum absolute atomic E-state index is 5.78. The summed E-state index contributed by atoms with van der Waals surface area (Å²) in [5.74, 6) is 0. The first-order valence-electron chi connectivity index (χ1n) is 7.66. The Balaban J connectivity index is 2.00. The van der Waals surface area contributed by atoms with Gasteiger partial charge in [-0.3, -0.25) is 4.90 Å². The average Bonchev–Trinajstić information content (AvgIpc) is 2.44. The van der Waals surface area contributed by atoms with Gasteiger partial charge in [-0.2, -0.15) is 0 Å². The lowest BCUT2D eigenvalue weighted by atomic mass is 10.0. The van der Waals surface area contributed by atoms with Crippen molar-refractivity contribution in [2.45, 2.75) is 38.8 Å². The van der Waals surface area contributed by atoms with E-state index in [0.717, 1.165) is 32.7 Å². The molecule has 0 radical (unpaired) electrons. The zero-order valence-corrected chi connectivity index (χ0v) is 13.3. The van der Waals surface area contributed by atoms with Gasteiger partial charge in [0.1, 0.15) is 0 Å². The highest BCUT2D eigenvalue weighted by atomic mass is 16.5. The number of nitrogens with one attached hydrogen (secondary N) is 1. The van der Waals surface area contributed by atoms with Crippen LogP contribution in [0, 0.1) is 0 Å². The van der Waals surface area contributed by atoms with Crippen LogP contribution in [0.2, 0.25) is 0 Å². The van der Waals surface area contributed by atoms with Gasteiger partial charge in [0.25, 0.3) is 0 Å². The van der Waals surface area contributed by atoms with Crippen LogP contribution >= 0.6 is 0 Å². The molecular formula is C17H28N2O. The van der Waals surface area contributed by atoms with Gasteiger partial charge in [-0.05, 0) is 38.4 Å². The van der Waals surface area contributed by atoms with E-state index in [9.17, 15) is 0 Å². The number of aryl methyl sites for hydroxylation is 1. The predicted molar refractivity (Wildman–Crippen MR) is 84.1 cm³/mol. The Hall–Kier alpha value is -0.900. The first-order valence-corrected chi connectivity index (χ1v) is 7.66. The van der Waals surface area contributed by atoms with Crippen molar-refractivity contribution in [2.75, 3.05) is 33.3 Å². The fourth-order valence-corrected chi connectivity index (χ4v) is 2.88. The first kappa shape index (κ1) is 15.5. The van der Waals surface area contributed by atoms with E-state index in [4.69, 9.17) is 4.74 Å². The number of hydrogen-bond donors (Lipinski definition) is 1. The van der Waals surface area contributed by atoms with Gasteiger partial charge < -0.3 is 10.1 Å². The van der Waals surface area contributed by atoms with Gasteiger partial charge in [-0.15, -0.1) is 0 Å². The zero-order chi connectivity index (χ0) is 14.6. The number of nitrogens with zero attached hydrogens (tertiary/aromatic N) is 1. The SMILES string of the molecule is CCc1ccc(C(CN2CCOC(C)(C)C2)NC)cc1. The van der Waals surface area contributed by atoms with Crippen LogP contribution < -0.4 is 5.32 Å². The molecule has 0 spiro atoms. The number of ether oxygens (including phenoxy) is 1. The van der Waals surface area contributed by atoms with Crippen LogP contribution in [0.15, 0.2) is 24.3 Å². The number of hydrogen-bond acceptors (Lipinski definition) is 3. The highest BCUT2D eigenvalue weighted by molar-refractivity contribution is 5.25. The average molecular weight is 276 g/mol. The summed E-state index contributed by atoms with van der Waals surface area (Å²) in [7, 11) is 2.05. The van der Waals surface area contributed by atoms with Crippen molar-refractivity contribution >= 4 is 0 Å². The number of morpholine rings is 1. The second kappa shape index (κ2) is 6.70. The Bertz CT molecular complexity index is 414. The molecule has 1 saturated heterocycles. The molecule has 0 aliphatic carbocycles. The van der Waals surface area contributed by atoms with Crippen LogP contribution in [0.1, 0.15) is 37.9 Å². The summed E-state index contributed by atoms with van der Waals surface area (Å²) < 4.78 is 5.78. The van der Waals surface area contributed by atoms with Gasteiger partial charge in [0.2, 0.25) is 0 Å². The maximum Gasteiger partial charge on any atom is 0.0753 e. The molecule has 20 heavy (non-hydrogen) atoms. The van der Waals surface area contributed by atoms with Crippen molar-refractivity contribution in [3.05, 3.63) is 35.4 Å². The van der Waals surface area contributed by atoms with Gasteiger partial charge in [-0.1, -0.05) is 31.2 Å². The molecule has 0 bridgehead atoms. The monoisotopic (exact) mass is 276 g/mol. The summed E-state index contributed by atoms with van der Waals surface area (Å²) in [6.45, 7) is 10.4. The van der Waals surface area contributed by atoms with Crippen LogP contribution in [-0.2, 0) is 11.2 Å². The highest BCUT2D eigenvalue weighted by Gasteiger charge is 2.28. The van der Waals surface area contributed by atoms with Crippen LogP contribution in [0.5, 0.6) is 0 Å². The molecule has 0 amide bonds. The molecule has 1 N–H and O–H groups in total. The van der Waals surface area contributed by atoms with E-state index in [0.29, 0.717) is 6.04 Å². The summed E-state index contributed by atoms with van der Waals surface area (Å²) >= 11 is 0. The third-order valence-corrected chi connectivity index (χ3v) is 4.08. The molecule has 1 aromatic rings. The summed E-state index contributed by atoms with van der Waals surface area (Å²) in [6.07, 6.45) is 1.10. The molecule has 0 saturated carbocycles. The molecule has 1 aliphatic heterocycles. The molecule has 1 atom stereocenters. The van der Waals surface area contributed by atoms with Crippen molar-refractivity contribution in [1.29, 1.82) is 0 Å². The van der Waals surface area contributed by atoms with Gasteiger partial charge in [0.15, 0.2) is 0 Å². The lowest BCUT2D eigenvalue weighted by Crippen LogP contribution is -2.50. The van der Waals surface area contributed by atoms with Crippen LogP contribution in [0.4, 0.5) is 0 Å². The van der Waals surface area contributed by atoms with Gasteiger partial charge in [0.05, 0.1) is 12.2 Å². The highest BCUT2D eigenvalue weighted by Crippen LogP contribution is 2.20. The Kier molecular flexibility index (Phi) is 5.19. The number of benzene rings is 1. The molecule has 3 nitrogen and oxygen atoms in total. The van der Waals surface area contributed by atoms with Gasteiger partial charge >= 0.3 is 0 Å². The number of rotatable bonds is 5. The van der Waals surface area contributed by atoms with Crippen molar-refractivity contribution in [3.8, 4) is 0 Å². The lowest BCUT2D eigenvalue weighted by molar-refractivity contribution is -0.0875. The summed E-state index contributed by atoms with van der Waals surface area (Å²) in [6, 6.07) is 9.37. The second-order valence-corrected chi connectivity index (χ2v) is 6.28. The van der Waals surface area contributed by atoms with Crippen molar-refractivity contribution < 1.29 is 4.74 Å². The molecule has 1 aromatic carbocycles. The van der Waals surface area contributed by atoms with E-state index >= 15 is 0 Å². The fraction of sp³-hybridized carbons (Fsp3) is 0.647. The van der Waals surface area contributed by atoms with Gasteiger partial charge in [0, 0.05) is 25.7 Å². The third kappa shape index (κ3) is 4.05. The van der Waals surface area contributed by atoms with E-state index in [1.54, 1.807) is 0 Å². The Morgan fingerprint density at radius 2 is 2.00 bits per heavy atom. The minimum absolute atomic E-state index is 0.0252. The van der Waals surface area contributed by atoms with Crippen molar-refractivity contribution in [2.24, 2.45) is 0 Å². The van der Waals surface area contributed by atoms with E-state index < -0.39 is 0 Å². The molecule has 1 aliphatic rings. The fourth-order valence-electron chi connectivity index (χ4n) is 2.88. The molecule has 1 fully saturated rings. The van der Waals surface area contributed by atoms with Gasteiger partial charge in [-0.25, -0.2) is 0 Å². The minimum Gasteiger partial charge on any atom is -0.373 e. The molecule has 1 heterocycles. The Morgan fingerprint density at radius 1 is 1.30 bits per heavy atom. The first-order chi connectivity index (χ1) is 9.54. The Morgan fingerprint density at radius 3 is 2.55 bits per heavy atom. The largest absolute Gasteiger partial charge is 0.373 e. The summed E-state index contributed by atoms with van der Waals surface area (Å²) in [5.41, 5.74) is 2.74. The predicted octanol–water partition coefficient (Wildman–Crippen LogP) is 2.62. The molecular weight excluding hydrogens is 248 g/mol. The van der Waals surface area contributed by atoms with Crippen molar-refractivity contribution in [3.63, 3.8) is 0 Å². The van der Waals surface area contributed by atoms with Crippen LogP contribution in [-0.4, -0.2) is 43.8 Å². The van der Waals surface area contributed by atoms with Crippen molar-refractivity contribution in [1.82, 2.24) is 10.2 Å². The molecule has 0 aromatic heterocycles. The molecule has 112 valence electrons.